The number of anilines is 1. The lowest BCUT2D eigenvalue weighted by Crippen LogP contribution is -2.25. The van der Waals surface area contributed by atoms with E-state index in [0.29, 0.717) is 0 Å². The predicted octanol–water partition coefficient (Wildman–Crippen LogP) is 4.04. The van der Waals surface area contributed by atoms with Crippen LogP contribution in [0.3, 0.4) is 0 Å². The molecule has 0 saturated heterocycles. The van der Waals surface area contributed by atoms with Gasteiger partial charge in [-0.15, -0.1) is 0 Å². The molecule has 1 unspecified atom stereocenters. The summed E-state index contributed by atoms with van der Waals surface area (Å²) >= 11 is 3.43. The van der Waals surface area contributed by atoms with Crippen LogP contribution in [0.1, 0.15) is 23.6 Å². The summed E-state index contributed by atoms with van der Waals surface area (Å²) in [5.41, 5.74) is 9.65. The van der Waals surface area contributed by atoms with Gasteiger partial charge in [-0.05, 0) is 48.2 Å². The zero-order chi connectivity index (χ0) is 14.8. The van der Waals surface area contributed by atoms with Crippen LogP contribution >= 0.6 is 15.9 Å². The van der Waals surface area contributed by atoms with Crippen molar-refractivity contribution in [1.82, 2.24) is 0 Å². The second-order valence-electron chi connectivity index (χ2n) is 5.46. The minimum atomic E-state index is -0.169. The van der Waals surface area contributed by atoms with Gasteiger partial charge in [0.15, 0.2) is 0 Å². The molecule has 1 heterocycles. The molecule has 0 radical (unpaired) electrons. The Morgan fingerprint density at radius 3 is 2.71 bits per heavy atom. The van der Waals surface area contributed by atoms with Gasteiger partial charge in [0, 0.05) is 29.3 Å². The molecule has 2 N–H and O–H groups in total. The minimum Gasteiger partial charge on any atom is -0.371 e. The third-order valence-corrected chi connectivity index (χ3v) is 4.58. The molecular weight excluding hydrogens is 331 g/mol. The summed E-state index contributed by atoms with van der Waals surface area (Å²) in [6, 6.07) is 13.2. The van der Waals surface area contributed by atoms with Gasteiger partial charge >= 0.3 is 0 Å². The highest BCUT2D eigenvalue weighted by Gasteiger charge is 2.20. The van der Waals surface area contributed by atoms with Gasteiger partial charge in [-0.25, -0.2) is 4.39 Å². The summed E-state index contributed by atoms with van der Waals surface area (Å²) in [5, 5.41) is 0. The molecule has 2 aromatic carbocycles. The number of hydrogen-bond acceptors (Lipinski definition) is 2. The molecule has 0 spiro atoms. The van der Waals surface area contributed by atoms with Gasteiger partial charge in [0.2, 0.25) is 0 Å². The van der Waals surface area contributed by atoms with E-state index in [9.17, 15) is 4.39 Å². The van der Waals surface area contributed by atoms with Crippen molar-refractivity contribution in [2.75, 3.05) is 18.0 Å². The lowest BCUT2D eigenvalue weighted by atomic mass is 10.0. The topological polar surface area (TPSA) is 29.3 Å². The molecule has 4 heteroatoms. The average molecular weight is 349 g/mol. The fraction of sp³-hybridized carbons (Fsp3) is 0.294. The summed E-state index contributed by atoms with van der Waals surface area (Å²) in [7, 11) is 0. The molecule has 0 saturated carbocycles. The van der Waals surface area contributed by atoms with E-state index in [0.717, 1.165) is 41.7 Å². The number of rotatable bonds is 4. The Labute approximate surface area is 132 Å². The zero-order valence-corrected chi connectivity index (χ0v) is 13.3. The van der Waals surface area contributed by atoms with Gasteiger partial charge in [0.05, 0.1) is 0 Å². The normalized spacial score (nSPS) is 15.1. The van der Waals surface area contributed by atoms with Crippen molar-refractivity contribution in [2.45, 2.75) is 18.9 Å². The third-order valence-electron chi connectivity index (χ3n) is 4.05. The van der Waals surface area contributed by atoms with E-state index in [1.54, 1.807) is 6.07 Å². The van der Waals surface area contributed by atoms with Crippen LogP contribution in [0, 0.1) is 5.82 Å². The second-order valence-corrected chi connectivity index (χ2v) is 6.37. The average Bonchev–Trinajstić information content (AvgIpc) is 2.88. The molecule has 0 amide bonds. The summed E-state index contributed by atoms with van der Waals surface area (Å²) in [6.07, 6.45) is 1.85. The van der Waals surface area contributed by atoms with Crippen LogP contribution in [0.2, 0.25) is 0 Å². The maximum atomic E-state index is 13.4. The molecule has 2 nitrogen and oxygen atoms in total. The van der Waals surface area contributed by atoms with Crippen LogP contribution in [0.25, 0.3) is 0 Å². The maximum absolute atomic E-state index is 13.4. The molecule has 0 aliphatic carbocycles. The summed E-state index contributed by atoms with van der Waals surface area (Å²) < 4.78 is 14.4. The van der Waals surface area contributed by atoms with E-state index in [2.05, 4.69) is 20.8 Å². The van der Waals surface area contributed by atoms with Gasteiger partial charge in [-0.3, -0.25) is 0 Å². The van der Waals surface area contributed by atoms with Crippen molar-refractivity contribution in [3.63, 3.8) is 0 Å². The van der Waals surface area contributed by atoms with Crippen LogP contribution in [0.5, 0.6) is 0 Å². The zero-order valence-electron chi connectivity index (χ0n) is 11.7. The van der Waals surface area contributed by atoms with Crippen LogP contribution < -0.4 is 10.6 Å². The Kier molecular flexibility index (Phi) is 4.27. The summed E-state index contributed by atoms with van der Waals surface area (Å²) in [5.74, 6) is -0.169. The van der Waals surface area contributed by atoms with Crippen molar-refractivity contribution in [3.05, 3.63) is 63.9 Å². The van der Waals surface area contributed by atoms with E-state index in [4.69, 9.17) is 5.73 Å². The first-order valence-electron chi connectivity index (χ1n) is 7.18. The molecule has 2 aromatic rings. The second kappa shape index (κ2) is 6.16. The molecule has 0 bridgehead atoms. The van der Waals surface area contributed by atoms with Gasteiger partial charge < -0.3 is 10.6 Å². The first kappa shape index (κ1) is 14.5. The Morgan fingerprint density at radius 2 is 1.95 bits per heavy atom. The molecule has 3 rings (SSSR count). The van der Waals surface area contributed by atoms with Crippen LogP contribution in [-0.2, 0) is 6.42 Å². The van der Waals surface area contributed by atoms with Gasteiger partial charge in [0.1, 0.15) is 5.82 Å². The molecule has 0 aromatic heterocycles. The van der Waals surface area contributed by atoms with Crippen molar-refractivity contribution in [1.29, 1.82) is 0 Å². The largest absolute Gasteiger partial charge is 0.371 e. The van der Waals surface area contributed by atoms with E-state index >= 15 is 0 Å². The van der Waals surface area contributed by atoms with Crippen LogP contribution in [0.4, 0.5) is 10.1 Å². The Morgan fingerprint density at radius 1 is 1.19 bits per heavy atom. The standard InChI is InChI=1S/C17H18BrFN2/c18-14-4-1-12(2-5-14)16(20)8-10-21-9-7-13-3-6-15(19)11-17(13)21/h1-6,11,16H,7-10,20H2. The van der Waals surface area contributed by atoms with Crippen LogP contribution in [0.15, 0.2) is 46.9 Å². The van der Waals surface area contributed by atoms with Gasteiger partial charge in [-0.2, -0.15) is 0 Å². The van der Waals surface area contributed by atoms with E-state index < -0.39 is 0 Å². The number of halogens is 2. The maximum Gasteiger partial charge on any atom is 0.125 e. The van der Waals surface area contributed by atoms with Gasteiger partial charge in [0.25, 0.3) is 0 Å². The molecule has 1 atom stereocenters. The summed E-state index contributed by atoms with van der Waals surface area (Å²) in [4.78, 5) is 2.23. The number of benzene rings is 2. The van der Waals surface area contributed by atoms with Crippen LogP contribution in [-0.4, -0.2) is 13.1 Å². The van der Waals surface area contributed by atoms with E-state index in [1.165, 1.54) is 11.6 Å². The monoisotopic (exact) mass is 348 g/mol. The Bertz CT molecular complexity index is 627. The van der Waals surface area contributed by atoms with E-state index in [-0.39, 0.29) is 11.9 Å². The molecular formula is C17H18BrFN2. The molecule has 21 heavy (non-hydrogen) atoms. The quantitative estimate of drug-likeness (QED) is 0.903. The number of nitrogens with zero attached hydrogens (tertiary/aromatic N) is 1. The van der Waals surface area contributed by atoms with Crippen molar-refractivity contribution in [3.8, 4) is 0 Å². The van der Waals surface area contributed by atoms with Crippen molar-refractivity contribution in [2.24, 2.45) is 5.73 Å². The third kappa shape index (κ3) is 3.27. The minimum absolute atomic E-state index is 0.00992. The van der Waals surface area contributed by atoms with Gasteiger partial charge in [-0.1, -0.05) is 34.1 Å². The number of fused-ring (bicyclic) bond motifs is 1. The smallest absolute Gasteiger partial charge is 0.125 e. The molecule has 0 fully saturated rings. The fourth-order valence-electron chi connectivity index (χ4n) is 2.82. The van der Waals surface area contributed by atoms with Crippen molar-refractivity contribution < 1.29 is 4.39 Å². The summed E-state index contributed by atoms with van der Waals surface area (Å²) in [6.45, 7) is 1.81. The first-order valence-corrected chi connectivity index (χ1v) is 7.97. The molecule has 110 valence electrons. The Balaban J connectivity index is 1.64. The number of hydrogen-bond donors (Lipinski definition) is 1. The lowest BCUT2D eigenvalue weighted by Gasteiger charge is -2.22. The van der Waals surface area contributed by atoms with Crippen molar-refractivity contribution >= 4 is 21.6 Å². The SMILES string of the molecule is NC(CCN1CCc2ccc(F)cc21)c1ccc(Br)cc1. The number of nitrogens with two attached hydrogens (primary N) is 1. The fourth-order valence-corrected chi connectivity index (χ4v) is 3.09. The highest BCUT2D eigenvalue weighted by Crippen LogP contribution is 2.29. The highest BCUT2D eigenvalue weighted by atomic mass is 79.9. The first-order chi connectivity index (χ1) is 10.1. The molecule has 1 aliphatic rings. The predicted molar refractivity (Wildman–Crippen MR) is 88.0 cm³/mol. The highest BCUT2D eigenvalue weighted by molar-refractivity contribution is 9.10. The lowest BCUT2D eigenvalue weighted by molar-refractivity contribution is 0.622. The van der Waals surface area contributed by atoms with E-state index in [1.807, 2.05) is 30.3 Å². The molecule has 1 aliphatic heterocycles. The Hall–Kier alpha value is -1.39.